The molecule has 8 heteroatoms. The number of aromatic nitrogens is 1. The van der Waals surface area contributed by atoms with Gasteiger partial charge in [0.05, 0.1) is 24.2 Å². The summed E-state index contributed by atoms with van der Waals surface area (Å²) in [6, 6.07) is 10.5. The lowest BCUT2D eigenvalue weighted by Crippen LogP contribution is -2.36. The Labute approximate surface area is 159 Å². The second kappa shape index (κ2) is 7.96. The summed E-state index contributed by atoms with van der Waals surface area (Å²) in [5.74, 6) is 1.44. The molecule has 1 amide bonds. The van der Waals surface area contributed by atoms with E-state index in [4.69, 9.17) is 4.74 Å². The van der Waals surface area contributed by atoms with E-state index >= 15 is 0 Å². The first kappa shape index (κ1) is 19.2. The lowest BCUT2D eigenvalue weighted by atomic mass is 10.2. The molecule has 0 bridgehead atoms. The maximum Gasteiger partial charge on any atom is 0.257 e. The van der Waals surface area contributed by atoms with Crippen LogP contribution in [0.3, 0.4) is 0 Å². The van der Waals surface area contributed by atoms with Gasteiger partial charge in [-0.05, 0) is 37.6 Å². The standard InChI is InChI=1S/C19H23N3O4S/c1-3-22(16-9-10-27(24,25)13-16)18-8-7-14(12-20-18)19(23)21-15-5-4-6-17(11-15)26-2/h4-8,11-12,16H,3,9-10,13H2,1-2H3,(H,21,23). The van der Waals surface area contributed by atoms with Gasteiger partial charge in [0.25, 0.3) is 5.91 Å². The molecule has 1 atom stereocenters. The van der Waals surface area contributed by atoms with Gasteiger partial charge in [-0.3, -0.25) is 4.79 Å². The van der Waals surface area contributed by atoms with Gasteiger partial charge < -0.3 is 15.0 Å². The molecule has 1 fully saturated rings. The normalized spacial score (nSPS) is 18.1. The molecule has 1 aliphatic heterocycles. The zero-order valence-electron chi connectivity index (χ0n) is 15.4. The molecule has 1 aromatic heterocycles. The number of carbonyl (C=O) groups excluding carboxylic acids is 1. The van der Waals surface area contributed by atoms with Crippen molar-refractivity contribution in [1.82, 2.24) is 4.98 Å². The van der Waals surface area contributed by atoms with Gasteiger partial charge in [0, 0.05) is 30.5 Å². The Hall–Kier alpha value is -2.61. The number of pyridine rings is 1. The number of ether oxygens (including phenoxy) is 1. The maximum atomic E-state index is 12.4. The third-order valence-electron chi connectivity index (χ3n) is 4.62. The van der Waals surface area contributed by atoms with E-state index in [-0.39, 0.29) is 23.5 Å². The number of nitrogens with zero attached hydrogens (tertiary/aromatic N) is 2. The number of hydrogen-bond donors (Lipinski definition) is 1. The maximum absolute atomic E-state index is 12.4. The summed E-state index contributed by atoms with van der Waals surface area (Å²) in [6.45, 7) is 2.62. The first-order valence-corrected chi connectivity index (χ1v) is 10.6. The minimum absolute atomic E-state index is 0.0658. The van der Waals surface area contributed by atoms with E-state index in [1.165, 1.54) is 6.20 Å². The molecule has 27 heavy (non-hydrogen) atoms. The van der Waals surface area contributed by atoms with Crippen LogP contribution >= 0.6 is 0 Å². The summed E-state index contributed by atoms with van der Waals surface area (Å²) < 4.78 is 28.6. The van der Waals surface area contributed by atoms with Crippen LogP contribution in [0.25, 0.3) is 0 Å². The molecule has 7 nitrogen and oxygen atoms in total. The smallest absolute Gasteiger partial charge is 0.257 e. The molecule has 2 heterocycles. The van der Waals surface area contributed by atoms with Gasteiger partial charge >= 0.3 is 0 Å². The first-order valence-electron chi connectivity index (χ1n) is 8.80. The van der Waals surface area contributed by atoms with Crippen LogP contribution in [-0.2, 0) is 9.84 Å². The summed E-state index contributed by atoms with van der Waals surface area (Å²) in [7, 11) is -1.40. The number of amides is 1. The Morgan fingerprint density at radius 3 is 2.74 bits per heavy atom. The minimum Gasteiger partial charge on any atom is -0.497 e. The predicted molar refractivity (Wildman–Crippen MR) is 105 cm³/mol. The van der Waals surface area contributed by atoms with Crippen LogP contribution in [0.15, 0.2) is 42.6 Å². The Balaban J connectivity index is 1.71. The first-order chi connectivity index (χ1) is 12.9. The number of sulfone groups is 1. The highest BCUT2D eigenvalue weighted by atomic mass is 32.2. The monoisotopic (exact) mass is 389 g/mol. The van der Waals surface area contributed by atoms with E-state index < -0.39 is 9.84 Å². The Morgan fingerprint density at radius 1 is 1.33 bits per heavy atom. The third kappa shape index (κ3) is 4.57. The van der Waals surface area contributed by atoms with Crippen molar-refractivity contribution < 1.29 is 17.9 Å². The topological polar surface area (TPSA) is 88.6 Å². The minimum atomic E-state index is -2.96. The number of anilines is 2. The number of rotatable bonds is 6. The predicted octanol–water partition coefficient (Wildman–Crippen LogP) is 2.36. The molecule has 144 valence electrons. The molecular weight excluding hydrogens is 366 g/mol. The van der Waals surface area contributed by atoms with Crippen LogP contribution in [0, 0.1) is 0 Å². The summed E-state index contributed by atoms with van der Waals surface area (Å²) >= 11 is 0. The van der Waals surface area contributed by atoms with Crippen LogP contribution in [0.2, 0.25) is 0 Å². The average Bonchev–Trinajstić information content (AvgIpc) is 3.02. The highest BCUT2D eigenvalue weighted by Crippen LogP contribution is 2.23. The fourth-order valence-corrected chi connectivity index (χ4v) is 4.95. The van der Waals surface area contributed by atoms with E-state index in [0.29, 0.717) is 35.8 Å². The van der Waals surface area contributed by atoms with Gasteiger partial charge in [-0.2, -0.15) is 0 Å². The molecule has 1 unspecified atom stereocenters. The fraction of sp³-hybridized carbons (Fsp3) is 0.368. The summed E-state index contributed by atoms with van der Waals surface area (Å²) in [6.07, 6.45) is 2.12. The quantitative estimate of drug-likeness (QED) is 0.816. The van der Waals surface area contributed by atoms with Gasteiger partial charge in [0.1, 0.15) is 11.6 Å². The number of methoxy groups -OCH3 is 1. The van der Waals surface area contributed by atoms with Crippen molar-refractivity contribution in [2.45, 2.75) is 19.4 Å². The Morgan fingerprint density at radius 2 is 2.15 bits per heavy atom. The van der Waals surface area contributed by atoms with Crippen LogP contribution in [0.5, 0.6) is 5.75 Å². The number of hydrogen-bond acceptors (Lipinski definition) is 6. The zero-order valence-corrected chi connectivity index (χ0v) is 16.2. The average molecular weight is 389 g/mol. The molecule has 0 saturated carbocycles. The second-order valence-electron chi connectivity index (χ2n) is 6.43. The van der Waals surface area contributed by atoms with E-state index in [9.17, 15) is 13.2 Å². The van der Waals surface area contributed by atoms with Crippen LogP contribution in [-0.4, -0.2) is 50.5 Å². The molecule has 1 saturated heterocycles. The summed E-state index contributed by atoms with van der Waals surface area (Å²) in [5.41, 5.74) is 1.06. The van der Waals surface area contributed by atoms with Gasteiger partial charge in [0.2, 0.25) is 0 Å². The SMILES string of the molecule is CCN(c1ccc(C(=O)Nc2cccc(OC)c2)cn1)C1CCS(=O)(=O)C1. The van der Waals surface area contributed by atoms with Gasteiger partial charge in [-0.25, -0.2) is 13.4 Å². The van der Waals surface area contributed by atoms with Crippen LogP contribution < -0.4 is 15.0 Å². The molecule has 1 N–H and O–H groups in total. The second-order valence-corrected chi connectivity index (χ2v) is 8.66. The highest BCUT2D eigenvalue weighted by molar-refractivity contribution is 7.91. The molecule has 2 aromatic rings. The molecule has 1 aromatic carbocycles. The van der Waals surface area contributed by atoms with Crippen molar-refractivity contribution in [1.29, 1.82) is 0 Å². The molecular formula is C19H23N3O4S. The van der Waals surface area contributed by atoms with Gasteiger partial charge in [0.15, 0.2) is 9.84 Å². The zero-order chi connectivity index (χ0) is 19.4. The fourth-order valence-electron chi connectivity index (χ4n) is 3.22. The highest BCUT2D eigenvalue weighted by Gasteiger charge is 2.32. The number of carbonyl (C=O) groups is 1. The van der Waals surface area contributed by atoms with Crippen molar-refractivity contribution in [3.05, 3.63) is 48.2 Å². The molecule has 0 spiro atoms. The number of benzene rings is 1. The third-order valence-corrected chi connectivity index (χ3v) is 6.37. The Kier molecular flexibility index (Phi) is 5.65. The molecule has 1 aliphatic rings. The lowest BCUT2D eigenvalue weighted by Gasteiger charge is -2.27. The van der Waals surface area contributed by atoms with Gasteiger partial charge in [-0.15, -0.1) is 0 Å². The number of nitrogens with one attached hydrogen (secondary N) is 1. The molecule has 0 radical (unpaired) electrons. The van der Waals surface area contributed by atoms with E-state index in [1.54, 1.807) is 43.5 Å². The van der Waals surface area contributed by atoms with Gasteiger partial charge in [-0.1, -0.05) is 6.07 Å². The molecule has 3 rings (SSSR count). The van der Waals surface area contributed by atoms with Crippen molar-refractivity contribution >= 4 is 27.2 Å². The Bertz CT molecular complexity index is 913. The van der Waals surface area contributed by atoms with Crippen molar-refractivity contribution in [2.75, 3.05) is 35.4 Å². The lowest BCUT2D eigenvalue weighted by molar-refractivity contribution is 0.102. The van der Waals surface area contributed by atoms with Crippen molar-refractivity contribution in [3.63, 3.8) is 0 Å². The van der Waals surface area contributed by atoms with Crippen molar-refractivity contribution in [2.24, 2.45) is 0 Å². The molecule has 0 aliphatic carbocycles. The summed E-state index contributed by atoms with van der Waals surface area (Å²) in [4.78, 5) is 18.8. The van der Waals surface area contributed by atoms with Crippen LogP contribution in [0.4, 0.5) is 11.5 Å². The van der Waals surface area contributed by atoms with Crippen LogP contribution in [0.1, 0.15) is 23.7 Å². The van der Waals surface area contributed by atoms with E-state index in [1.807, 2.05) is 11.8 Å². The largest absolute Gasteiger partial charge is 0.497 e. The van der Waals surface area contributed by atoms with E-state index in [0.717, 1.165) is 0 Å². The van der Waals surface area contributed by atoms with E-state index in [2.05, 4.69) is 10.3 Å². The summed E-state index contributed by atoms with van der Waals surface area (Å²) in [5, 5.41) is 2.81. The van der Waals surface area contributed by atoms with Crippen molar-refractivity contribution in [3.8, 4) is 5.75 Å².